The fourth-order valence-electron chi connectivity index (χ4n) is 4.91. The van der Waals surface area contributed by atoms with Gasteiger partial charge in [-0.3, -0.25) is 4.90 Å². The Bertz CT molecular complexity index is 1090. The summed E-state index contributed by atoms with van der Waals surface area (Å²) in [7, 11) is -3.32. The highest BCUT2D eigenvalue weighted by Crippen LogP contribution is 2.41. The number of anilines is 1. The van der Waals surface area contributed by atoms with Gasteiger partial charge in [-0.15, -0.1) is 12.4 Å². The van der Waals surface area contributed by atoms with Crippen molar-refractivity contribution in [3.63, 3.8) is 0 Å². The van der Waals surface area contributed by atoms with Crippen LogP contribution in [0.5, 0.6) is 0 Å². The van der Waals surface area contributed by atoms with E-state index in [9.17, 15) is 13.2 Å². The molecule has 0 spiro atoms. The Labute approximate surface area is 201 Å². The van der Waals surface area contributed by atoms with Crippen molar-refractivity contribution in [1.29, 1.82) is 0 Å². The lowest BCUT2D eigenvalue weighted by Gasteiger charge is -2.42. The van der Waals surface area contributed by atoms with Crippen LogP contribution < -0.4 is 10.6 Å². The van der Waals surface area contributed by atoms with Crippen LogP contribution in [0.25, 0.3) is 0 Å². The quantitative estimate of drug-likeness (QED) is 0.668. The van der Waals surface area contributed by atoms with Gasteiger partial charge in [0.15, 0.2) is 9.84 Å². The molecule has 0 radical (unpaired) electrons. The van der Waals surface area contributed by atoms with Gasteiger partial charge in [-0.2, -0.15) is 0 Å². The van der Waals surface area contributed by atoms with Crippen LogP contribution in [0, 0.1) is 0 Å². The maximum atomic E-state index is 13.2. The molecular weight excluding hydrogens is 469 g/mol. The first-order chi connectivity index (χ1) is 14.7. The lowest BCUT2D eigenvalue weighted by Crippen LogP contribution is -2.46. The summed E-state index contributed by atoms with van der Waals surface area (Å²) in [6, 6.07) is 14.6. The molecule has 0 atom stereocenters. The number of benzene rings is 2. The van der Waals surface area contributed by atoms with Gasteiger partial charge in [0.2, 0.25) is 0 Å². The standard InChI is InChI=1S/C23H28ClN3O3S.ClH/c1-31(29,30)21-7-3-6-20(15-21)27-13-12-26(22(27)28)19-8-10-23(16-25,11-9-19)17-4-2-5-18(24)14-17;/h2-7,14-15,19H,8-13,16,25H2,1H3;1H/t19-,23-;. The molecular formula is C23H29Cl2N3O3S. The van der Waals surface area contributed by atoms with Crippen LogP contribution in [0.2, 0.25) is 5.02 Å². The first-order valence-corrected chi connectivity index (χ1v) is 12.8. The molecule has 2 fully saturated rings. The number of carbonyl (C=O) groups excluding carboxylic acids is 1. The van der Waals surface area contributed by atoms with Crippen LogP contribution in [-0.4, -0.2) is 51.3 Å². The van der Waals surface area contributed by atoms with Crippen molar-refractivity contribution >= 4 is 45.6 Å². The molecule has 9 heteroatoms. The smallest absolute Gasteiger partial charge is 0.324 e. The van der Waals surface area contributed by atoms with E-state index >= 15 is 0 Å². The maximum absolute atomic E-state index is 13.2. The molecule has 1 saturated heterocycles. The van der Waals surface area contributed by atoms with E-state index in [4.69, 9.17) is 17.3 Å². The predicted octanol–water partition coefficient (Wildman–Crippen LogP) is 4.25. The Balaban J connectivity index is 0.00000289. The van der Waals surface area contributed by atoms with Gasteiger partial charge in [0.05, 0.1) is 4.90 Å². The minimum absolute atomic E-state index is 0. The molecule has 2 amide bonds. The summed E-state index contributed by atoms with van der Waals surface area (Å²) < 4.78 is 23.8. The SMILES string of the molecule is CS(=O)(=O)c1cccc(N2CCN([C@H]3CC[C@](CN)(c4cccc(Cl)c4)CC3)C2=O)c1.Cl. The Kier molecular flexibility index (Phi) is 7.44. The van der Waals surface area contributed by atoms with Crippen LogP contribution in [0.1, 0.15) is 31.2 Å². The van der Waals surface area contributed by atoms with Crippen LogP contribution >= 0.6 is 24.0 Å². The van der Waals surface area contributed by atoms with Crippen molar-refractivity contribution in [2.24, 2.45) is 5.73 Å². The van der Waals surface area contributed by atoms with Crippen molar-refractivity contribution in [2.45, 2.75) is 42.0 Å². The molecule has 174 valence electrons. The van der Waals surface area contributed by atoms with Crippen molar-refractivity contribution < 1.29 is 13.2 Å². The monoisotopic (exact) mass is 497 g/mol. The van der Waals surface area contributed by atoms with Gasteiger partial charge in [0.1, 0.15) is 0 Å². The summed E-state index contributed by atoms with van der Waals surface area (Å²) >= 11 is 6.21. The number of urea groups is 1. The van der Waals surface area contributed by atoms with E-state index < -0.39 is 9.84 Å². The normalized spacial score (nSPS) is 23.8. The zero-order chi connectivity index (χ0) is 22.2. The molecule has 0 unspecified atom stereocenters. The Morgan fingerprint density at radius 1 is 1.09 bits per heavy atom. The van der Waals surface area contributed by atoms with Crippen molar-refractivity contribution in [3.8, 4) is 0 Å². The second kappa shape index (κ2) is 9.59. The fraction of sp³-hybridized carbons (Fsp3) is 0.435. The van der Waals surface area contributed by atoms with E-state index in [0.717, 1.165) is 25.7 Å². The predicted molar refractivity (Wildman–Crippen MR) is 131 cm³/mol. The first-order valence-electron chi connectivity index (χ1n) is 10.6. The van der Waals surface area contributed by atoms with Crippen molar-refractivity contribution in [3.05, 3.63) is 59.1 Å². The Hall–Kier alpha value is -1.80. The van der Waals surface area contributed by atoms with Crippen LogP contribution in [0.3, 0.4) is 0 Å². The molecule has 0 aromatic heterocycles. The summed E-state index contributed by atoms with van der Waals surface area (Å²) in [4.78, 5) is 17.0. The third kappa shape index (κ3) is 4.76. The van der Waals surface area contributed by atoms with Crippen LogP contribution in [0.4, 0.5) is 10.5 Å². The summed E-state index contributed by atoms with van der Waals surface area (Å²) in [5.74, 6) is 0. The van der Waals surface area contributed by atoms with Gasteiger partial charge >= 0.3 is 6.03 Å². The topological polar surface area (TPSA) is 83.7 Å². The van der Waals surface area contributed by atoms with Gasteiger partial charge in [0, 0.05) is 48.1 Å². The van der Waals surface area contributed by atoms with Crippen LogP contribution in [0.15, 0.2) is 53.4 Å². The van der Waals surface area contributed by atoms with E-state index in [1.54, 1.807) is 29.2 Å². The highest BCUT2D eigenvalue weighted by atomic mass is 35.5. The highest BCUT2D eigenvalue weighted by molar-refractivity contribution is 7.90. The maximum Gasteiger partial charge on any atom is 0.324 e. The van der Waals surface area contributed by atoms with Gasteiger partial charge in [-0.05, 0) is 61.6 Å². The number of halogens is 2. The number of carbonyl (C=O) groups is 1. The molecule has 2 aliphatic rings. The molecule has 32 heavy (non-hydrogen) atoms. The van der Waals surface area contributed by atoms with Crippen molar-refractivity contribution in [2.75, 3.05) is 30.8 Å². The molecule has 1 aliphatic carbocycles. The van der Waals surface area contributed by atoms with E-state index in [0.29, 0.717) is 30.3 Å². The second-order valence-electron chi connectivity index (χ2n) is 8.62. The molecule has 1 saturated carbocycles. The van der Waals surface area contributed by atoms with E-state index in [-0.39, 0.29) is 34.8 Å². The minimum Gasteiger partial charge on any atom is -0.330 e. The lowest BCUT2D eigenvalue weighted by molar-refractivity contribution is 0.156. The van der Waals surface area contributed by atoms with Gasteiger partial charge in [-0.25, -0.2) is 13.2 Å². The zero-order valence-corrected chi connectivity index (χ0v) is 20.4. The number of rotatable bonds is 5. The summed E-state index contributed by atoms with van der Waals surface area (Å²) in [5.41, 5.74) is 7.91. The largest absolute Gasteiger partial charge is 0.330 e. The minimum atomic E-state index is -3.32. The third-order valence-electron chi connectivity index (χ3n) is 6.78. The molecule has 2 N–H and O–H groups in total. The molecule has 1 aliphatic heterocycles. The van der Waals surface area contributed by atoms with Gasteiger partial charge in [-0.1, -0.05) is 29.8 Å². The molecule has 6 nitrogen and oxygen atoms in total. The summed E-state index contributed by atoms with van der Waals surface area (Å²) in [5, 5.41) is 0.717. The van der Waals surface area contributed by atoms with E-state index in [1.165, 1.54) is 11.8 Å². The first kappa shape index (κ1) is 24.8. The number of hydrogen-bond donors (Lipinski definition) is 1. The molecule has 0 bridgehead atoms. The molecule has 2 aromatic rings. The number of hydrogen-bond acceptors (Lipinski definition) is 4. The van der Waals surface area contributed by atoms with Crippen LogP contribution in [-0.2, 0) is 15.3 Å². The summed E-state index contributed by atoms with van der Waals surface area (Å²) in [6.45, 7) is 1.75. The molecule has 2 aromatic carbocycles. The summed E-state index contributed by atoms with van der Waals surface area (Å²) in [6.07, 6.45) is 4.75. The lowest BCUT2D eigenvalue weighted by atomic mass is 9.68. The highest BCUT2D eigenvalue weighted by Gasteiger charge is 2.41. The van der Waals surface area contributed by atoms with E-state index in [2.05, 4.69) is 6.07 Å². The average molecular weight is 498 g/mol. The fourth-order valence-corrected chi connectivity index (χ4v) is 5.76. The Morgan fingerprint density at radius 2 is 1.78 bits per heavy atom. The number of nitrogens with two attached hydrogens (primary N) is 1. The zero-order valence-electron chi connectivity index (χ0n) is 18.0. The van der Waals surface area contributed by atoms with E-state index in [1.807, 2.05) is 23.1 Å². The molecule has 4 rings (SSSR count). The third-order valence-corrected chi connectivity index (χ3v) is 8.12. The number of amides is 2. The second-order valence-corrected chi connectivity index (χ2v) is 11.1. The molecule has 1 heterocycles. The number of sulfone groups is 1. The van der Waals surface area contributed by atoms with Crippen molar-refractivity contribution in [1.82, 2.24) is 4.90 Å². The number of nitrogens with zero attached hydrogens (tertiary/aromatic N) is 2. The average Bonchev–Trinajstić information content (AvgIpc) is 3.14. The van der Waals surface area contributed by atoms with Gasteiger partial charge in [0.25, 0.3) is 0 Å². The van der Waals surface area contributed by atoms with Gasteiger partial charge < -0.3 is 10.6 Å². The Morgan fingerprint density at radius 3 is 2.41 bits per heavy atom.